The molecule has 0 aromatic heterocycles. The van der Waals surface area contributed by atoms with Crippen LogP contribution in [-0.2, 0) is 22.4 Å². The predicted molar refractivity (Wildman–Crippen MR) is 94.2 cm³/mol. The average molecular weight is 330 g/mol. The minimum atomic E-state index is -0.200. The first-order valence-corrected chi connectivity index (χ1v) is 8.61. The zero-order valence-electron chi connectivity index (χ0n) is 13.6. The zero-order valence-corrected chi connectivity index (χ0v) is 14.4. The lowest BCUT2D eigenvalue weighted by Crippen LogP contribution is -2.04. The van der Waals surface area contributed by atoms with Gasteiger partial charge in [-0.05, 0) is 54.0 Å². The van der Waals surface area contributed by atoms with Crippen LogP contribution in [0.3, 0.4) is 0 Å². The summed E-state index contributed by atoms with van der Waals surface area (Å²) in [6, 6.07) is 16.3. The normalized spacial score (nSPS) is 10.3. The first kappa shape index (κ1) is 17.4. The maximum absolute atomic E-state index is 11.2. The van der Waals surface area contributed by atoms with Gasteiger partial charge in [0.05, 0.1) is 20.6 Å². The first-order chi connectivity index (χ1) is 11.2. The number of thioether (sulfide) groups is 1. The molecule has 0 N–H and O–H groups in total. The summed E-state index contributed by atoms with van der Waals surface area (Å²) in [5, 5.41) is 0. The molecule has 2 rings (SSSR count). The number of hydrogen-bond acceptors (Lipinski definition) is 4. The molecule has 0 bridgehead atoms. The number of methoxy groups -OCH3 is 2. The fourth-order valence-electron chi connectivity index (χ4n) is 2.20. The second-order valence-corrected chi connectivity index (χ2v) is 6.37. The number of carbonyl (C=O) groups is 1. The molecule has 0 saturated heterocycles. The Labute approximate surface area is 142 Å². The summed E-state index contributed by atoms with van der Waals surface area (Å²) in [5.41, 5.74) is 2.29. The van der Waals surface area contributed by atoms with E-state index in [1.807, 2.05) is 36.0 Å². The Kier molecular flexibility index (Phi) is 7.01. The summed E-state index contributed by atoms with van der Waals surface area (Å²) in [6.45, 7) is 0. The van der Waals surface area contributed by atoms with Gasteiger partial charge in [0.25, 0.3) is 0 Å². The van der Waals surface area contributed by atoms with E-state index in [1.165, 1.54) is 17.6 Å². The van der Waals surface area contributed by atoms with Gasteiger partial charge in [0.15, 0.2) is 0 Å². The molecule has 2 aromatic rings. The van der Waals surface area contributed by atoms with E-state index in [0.29, 0.717) is 6.42 Å². The molecule has 0 saturated carbocycles. The molecule has 0 atom stereocenters. The van der Waals surface area contributed by atoms with Crippen LogP contribution in [0.2, 0.25) is 0 Å². The second kappa shape index (κ2) is 9.26. The molecule has 0 fully saturated rings. The lowest BCUT2D eigenvalue weighted by Gasteiger charge is -2.05. The molecule has 0 heterocycles. The van der Waals surface area contributed by atoms with Gasteiger partial charge in [-0.1, -0.05) is 24.3 Å². The summed E-state index contributed by atoms with van der Waals surface area (Å²) in [7, 11) is 3.09. The van der Waals surface area contributed by atoms with Gasteiger partial charge < -0.3 is 9.47 Å². The number of aryl methyl sites for hydroxylation is 1. The van der Waals surface area contributed by atoms with Crippen molar-refractivity contribution in [2.45, 2.75) is 24.2 Å². The van der Waals surface area contributed by atoms with E-state index in [4.69, 9.17) is 4.74 Å². The smallest absolute Gasteiger partial charge is 0.309 e. The zero-order chi connectivity index (χ0) is 16.5. The van der Waals surface area contributed by atoms with Gasteiger partial charge in [-0.25, -0.2) is 0 Å². The Bertz CT molecular complexity index is 606. The van der Waals surface area contributed by atoms with Crippen LogP contribution >= 0.6 is 11.8 Å². The van der Waals surface area contributed by atoms with Crippen LogP contribution in [0.4, 0.5) is 0 Å². The van der Waals surface area contributed by atoms with Crippen molar-refractivity contribution in [2.24, 2.45) is 0 Å². The molecular formula is C19H22O3S. The number of benzene rings is 2. The summed E-state index contributed by atoms with van der Waals surface area (Å²) >= 11 is 1.86. The Morgan fingerprint density at radius 1 is 0.957 bits per heavy atom. The van der Waals surface area contributed by atoms with Crippen molar-refractivity contribution < 1.29 is 14.3 Å². The van der Waals surface area contributed by atoms with Crippen molar-refractivity contribution in [2.75, 3.05) is 20.0 Å². The standard InChI is InChI=1S/C19H22O3S/c1-21-17-9-11-18(12-10-17)23-13-3-4-15-5-7-16(8-6-15)14-19(20)22-2/h5-12H,3-4,13-14H2,1-2H3. The molecule has 0 aliphatic carbocycles. The molecular weight excluding hydrogens is 308 g/mol. The van der Waals surface area contributed by atoms with Gasteiger partial charge in [0.1, 0.15) is 5.75 Å². The van der Waals surface area contributed by atoms with E-state index in [0.717, 1.165) is 29.9 Å². The monoisotopic (exact) mass is 330 g/mol. The average Bonchev–Trinajstić information content (AvgIpc) is 2.60. The molecule has 4 heteroatoms. The van der Waals surface area contributed by atoms with E-state index in [9.17, 15) is 4.79 Å². The van der Waals surface area contributed by atoms with E-state index < -0.39 is 0 Å². The molecule has 0 aliphatic rings. The van der Waals surface area contributed by atoms with Crippen LogP contribution in [0.1, 0.15) is 17.5 Å². The number of ether oxygens (including phenoxy) is 2. The molecule has 0 unspecified atom stereocenters. The summed E-state index contributed by atoms with van der Waals surface area (Å²) in [4.78, 5) is 12.5. The van der Waals surface area contributed by atoms with E-state index in [1.54, 1.807) is 7.11 Å². The largest absolute Gasteiger partial charge is 0.497 e. The van der Waals surface area contributed by atoms with E-state index in [2.05, 4.69) is 29.0 Å². The highest BCUT2D eigenvalue weighted by molar-refractivity contribution is 7.99. The summed E-state index contributed by atoms with van der Waals surface area (Å²) in [5.74, 6) is 1.77. The van der Waals surface area contributed by atoms with Crippen molar-refractivity contribution in [1.82, 2.24) is 0 Å². The highest BCUT2D eigenvalue weighted by Crippen LogP contribution is 2.22. The van der Waals surface area contributed by atoms with Crippen molar-refractivity contribution in [3.63, 3.8) is 0 Å². The topological polar surface area (TPSA) is 35.5 Å². The minimum absolute atomic E-state index is 0.200. The van der Waals surface area contributed by atoms with Gasteiger partial charge in [0.2, 0.25) is 0 Å². The third-order valence-corrected chi connectivity index (χ3v) is 4.64. The van der Waals surface area contributed by atoms with Gasteiger partial charge in [-0.2, -0.15) is 0 Å². The van der Waals surface area contributed by atoms with Crippen LogP contribution in [0.25, 0.3) is 0 Å². The van der Waals surface area contributed by atoms with Crippen LogP contribution < -0.4 is 4.74 Å². The van der Waals surface area contributed by atoms with Crippen molar-refractivity contribution >= 4 is 17.7 Å². The predicted octanol–water partition coefficient (Wildman–Crippen LogP) is 4.14. The second-order valence-electron chi connectivity index (χ2n) is 5.20. The molecule has 0 spiro atoms. The van der Waals surface area contributed by atoms with Crippen molar-refractivity contribution in [3.8, 4) is 5.75 Å². The van der Waals surface area contributed by atoms with Crippen molar-refractivity contribution in [3.05, 3.63) is 59.7 Å². The summed E-state index contributed by atoms with van der Waals surface area (Å²) in [6.07, 6.45) is 2.50. The van der Waals surface area contributed by atoms with Crippen LogP contribution in [-0.4, -0.2) is 25.9 Å². The molecule has 122 valence electrons. The summed E-state index contributed by atoms with van der Waals surface area (Å²) < 4.78 is 9.83. The lowest BCUT2D eigenvalue weighted by molar-refractivity contribution is -0.139. The molecule has 2 aromatic carbocycles. The van der Waals surface area contributed by atoms with Gasteiger partial charge in [-0.15, -0.1) is 11.8 Å². The lowest BCUT2D eigenvalue weighted by atomic mass is 10.1. The van der Waals surface area contributed by atoms with Crippen molar-refractivity contribution in [1.29, 1.82) is 0 Å². The van der Waals surface area contributed by atoms with Crippen LogP contribution in [0.5, 0.6) is 5.75 Å². The fraction of sp³-hybridized carbons (Fsp3) is 0.316. The quantitative estimate of drug-likeness (QED) is 0.414. The fourth-order valence-corrected chi connectivity index (χ4v) is 3.05. The Hall–Kier alpha value is -1.94. The molecule has 0 aliphatic heterocycles. The number of carbonyl (C=O) groups excluding carboxylic acids is 1. The Morgan fingerprint density at radius 3 is 2.22 bits per heavy atom. The first-order valence-electron chi connectivity index (χ1n) is 7.63. The van der Waals surface area contributed by atoms with Gasteiger partial charge >= 0.3 is 5.97 Å². The Morgan fingerprint density at radius 2 is 1.61 bits per heavy atom. The number of hydrogen-bond donors (Lipinski definition) is 0. The van der Waals surface area contributed by atoms with Gasteiger partial charge in [-0.3, -0.25) is 4.79 Å². The highest BCUT2D eigenvalue weighted by Gasteiger charge is 2.03. The van der Waals surface area contributed by atoms with Gasteiger partial charge in [0, 0.05) is 4.90 Å². The van der Waals surface area contributed by atoms with Crippen LogP contribution in [0, 0.1) is 0 Å². The van der Waals surface area contributed by atoms with E-state index >= 15 is 0 Å². The van der Waals surface area contributed by atoms with Crippen LogP contribution in [0.15, 0.2) is 53.4 Å². The Balaban J connectivity index is 1.72. The third kappa shape index (κ3) is 5.99. The minimum Gasteiger partial charge on any atom is -0.497 e. The molecule has 0 radical (unpaired) electrons. The number of esters is 1. The SMILES string of the molecule is COC(=O)Cc1ccc(CCCSc2ccc(OC)cc2)cc1. The van der Waals surface area contributed by atoms with E-state index in [-0.39, 0.29) is 5.97 Å². The highest BCUT2D eigenvalue weighted by atomic mass is 32.2. The third-order valence-electron chi connectivity index (χ3n) is 3.54. The number of rotatable bonds is 8. The maximum atomic E-state index is 11.2. The molecule has 0 amide bonds. The maximum Gasteiger partial charge on any atom is 0.309 e. The molecule has 3 nitrogen and oxygen atoms in total. The molecule has 23 heavy (non-hydrogen) atoms.